The molecule has 4 N–H and O–H groups in total. The van der Waals surface area contributed by atoms with Gasteiger partial charge in [-0.3, -0.25) is 14.7 Å². The molecule has 0 radical (unpaired) electrons. The smallest absolute Gasteiger partial charge is 0.276 e. The number of likely N-dealkylation sites (tertiary alicyclic amines) is 1. The van der Waals surface area contributed by atoms with Gasteiger partial charge in [-0.25, -0.2) is 0 Å². The van der Waals surface area contributed by atoms with Crippen molar-refractivity contribution in [3.8, 4) is 11.8 Å². The molecule has 2 heterocycles. The summed E-state index contributed by atoms with van der Waals surface area (Å²) in [6.45, 7) is 0.0116. The molecule has 1 aromatic heterocycles. The number of H-pyrrole nitrogens is 1. The molecule has 2 aromatic carbocycles. The van der Waals surface area contributed by atoms with Crippen molar-refractivity contribution >= 4 is 28.4 Å². The predicted molar refractivity (Wildman–Crippen MR) is 106 cm³/mol. The van der Waals surface area contributed by atoms with Crippen molar-refractivity contribution in [2.24, 2.45) is 0 Å². The zero-order valence-corrected chi connectivity index (χ0v) is 15.5. The number of nitrogens with one attached hydrogen (secondary N) is 2. The number of carbonyl (C=O) groups excluding carboxylic acids is 2. The number of para-hydroxylation sites is 1. The number of β-amino-alcohol motifs (C(OH)–C–C–N with tert-alkyl or cyclic N) is 1. The summed E-state index contributed by atoms with van der Waals surface area (Å²) in [7, 11) is 1.49. The van der Waals surface area contributed by atoms with E-state index in [2.05, 4.69) is 27.4 Å². The Kier molecular flexibility index (Phi) is 4.54. The van der Waals surface area contributed by atoms with Gasteiger partial charge in [-0.15, -0.1) is 0 Å². The molecule has 29 heavy (non-hydrogen) atoms. The van der Waals surface area contributed by atoms with E-state index in [1.165, 1.54) is 11.9 Å². The summed E-state index contributed by atoms with van der Waals surface area (Å²) in [5, 5.41) is 30.7. The van der Waals surface area contributed by atoms with E-state index in [1.807, 2.05) is 18.2 Å². The first-order valence-electron chi connectivity index (χ1n) is 8.92. The van der Waals surface area contributed by atoms with Crippen molar-refractivity contribution < 1.29 is 19.8 Å². The SMILES string of the molecule is CN1C[C@H](O)[C@](O)(C#Cc2cccc(NC(=O)c3n[nH]c4ccccc34)c2)C1=O. The number of amides is 2. The molecule has 0 saturated carbocycles. The molecule has 1 fully saturated rings. The lowest BCUT2D eigenvalue weighted by Crippen LogP contribution is -2.44. The van der Waals surface area contributed by atoms with Gasteiger partial charge in [0.15, 0.2) is 5.69 Å². The molecule has 8 nitrogen and oxygen atoms in total. The summed E-state index contributed by atoms with van der Waals surface area (Å²) in [5.74, 6) is 4.15. The molecule has 0 bridgehead atoms. The van der Waals surface area contributed by atoms with Gasteiger partial charge < -0.3 is 20.4 Å². The summed E-state index contributed by atoms with van der Waals surface area (Å²) in [6.07, 6.45) is -1.29. The van der Waals surface area contributed by atoms with E-state index >= 15 is 0 Å². The van der Waals surface area contributed by atoms with Crippen LogP contribution in [0.1, 0.15) is 16.1 Å². The molecule has 2 amide bonds. The van der Waals surface area contributed by atoms with Crippen LogP contribution in [0.3, 0.4) is 0 Å². The van der Waals surface area contributed by atoms with Gasteiger partial charge >= 0.3 is 0 Å². The average molecular weight is 390 g/mol. The number of aromatic nitrogens is 2. The molecule has 3 aromatic rings. The van der Waals surface area contributed by atoms with Crippen LogP contribution in [0, 0.1) is 11.8 Å². The highest BCUT2D eigenvalue weighted by molar-refractivity contribution is 6.11. The van der Waals surface area contributed by atoms with Crippen LogP contribution in [-0.2, 0) is 4.79 Å². The van der Waals surface area contributed by atoms with E-state index < -0.39 is 17.6 Å². The second kappa shape index (κ2) is 7.05. The van der Waals surface area contributed by atoms with E-state index in [4.69, 9.17) is 0 Å². The number of aliphatic hydroxyl groups is 2. The van der Waals surface area contributed by atoms with Crippen molar-refractivity contribution in [3.63, 3.8) is 0 Å². The Balaban J connectivity index is 1.56. The van der Waals surface area contributed by atoms with Crippen LogP contribution in [0.2, 0.25) is 0 Å². The van der Waals surface area contributed by atoms with E-state index in [-0.39, 0.29) is 18.1 Å². The molecule has 1 saturated heterocycles. The monoisotopic (exact) mass is 390 g/mol. The van der Waals surface area contributed by atoms with E-state index in [9.17, 15) is 19.8 Å². The highest BCUT2D eigenvalue weighted by Gasteiger charge is 2.50. The van der Waals surface area contributed by atoms with Gasteiger partial charge in [0.05, 0.1) is 12.1 Å². The number of aliphatic hydroxyl groups excluding tert-OH is 1. The van der Waals surface area contributed by atoms with Crippen LogP contribution < -0.4 is 5.32 Å². The highest BCUT2D eigenvalue weighted by Crippen LogP contribution is 2.22. The topological polar surface area (TPSA) is 119 Å². The van der Waals surface area contributed by atoms with Gasteiger partial charge in [-0.1, -0.05) is 30.2 Å². The third-order valence-electron chi connectivity index (χ3n) is 4.81. The number of anilines is 1. The minimum atomic E-state index is -2.14. The molecule has 0 spiro atoms. The summed E-state index contributed by atoms with van der Waals surface area (Å²) < 4.78 is 0. The van der Waals surface area contributed by atoms with Crippen molar-refractivity contribution in [2.45, 2.75) is 11.7 Å². The molecule has 146 valence electrons. The summed E-state index contributed by atoms with van der Waals surface area (Å²) in [4.78, 5) is 25.9. The maximum absolute atomic E-state index is 12.6. The van der Waals surface area contributed by atoms with Gasteiger partial charge in [0.25, 0.3) is 11.8 Å². The van der Waals surface area contributed by atoms with E-state index in [1.54, 1.807) is 30.3 Å². The zero-order valence-electron chi connectivity index (χ0n) is 15.5. The Morgan fingerprint density at radius 3 is 2.86 bits per heavy atom. The van der Waals surface area contributed by atoms with Crippen LogP contribution in [0.4, 0.5) is 5.69 Å². The predicted octanol–water partition coefficient (Wildman–Crippen LogP) is 0.731. The number of nitrogens with zero attached hydrogens (tertiary/aromatic N) is 2. The Labute approximate surface area is 166 Å². The molecule has 1 aliphatic heterocycles. The van der Waals surface area contributed by atoms with Crippen LogP contribution >= 0.6 is 0 Å². The third-order valence-corrected chi connectivity index (χ3v) is 4.81. The number of likely N-dealkylation sites (N-methyl/N-ethyl adjacent to an activating group) is 1. The number of hydrogen-bond acceptors (Lipinski definition) is 5. The minimum absolute atomic E-state index is 0.0116. The lowest BCUT2D eigenvalue weighted by atomic mass is 10.00. The number of aromatic amines is 1. The van der Waals surface area contributed by atoms with E-state index in [0.717, 1.165) is 5.52 Å². The molecule has 0 unspecified atom stereocenters. The molecule has 1 aliphatic rings. The fourth-order valence-electron chi connectivity index (χ4n) is 3.21. The van der Waals surface area contributed by atoms with Gasteiger partial charge in [0.1, 0.15) is 6.10 Å². The van der Waals surface area contributed by atoms with Gasteiger partial charge in [-0.2, -0.15) is 5.10 Å². The van der Waals surface area contributed by atoms with Gasteiger partial charge in [0, 0.05) is 23.7 Å². The lowest BCUT2D eigenvalue weighted by molar-refractivity contribution is -0.140. The summed E-state index contributed by atoms with van der Waals surface area (Å²) in [6, 6.07) is 14.0. The first-order chi connectivity index (χ1) is 13.9. The highest BCUT2D eigenvalue weighted by atomic mass is 16.4. The first kappa shape index (κ1) is 18.7. The standard InChI is InChI=1S/C21H18N4O4/c1-25-12-17(26)21(29,20(25)28)10-9-13-5-4-6-14(11-13)22-19(27)18-15-7-2-3-8-16(15)23-24-18/h2-8,11,17,26,29H,12H2,1H3,(H,22,27)(H,23,24)/t17-,21+/m0/s1. The number of rotatable bonds is 2. The van der Waals surface area contributed by atoms with Crippen LogP contribution in [0.5, 0.6) is 0 Å². The molecule has 8 heteroatoms. The summed E-state index contributed by atoms with van der Waals surface area (Å²) >= 11 is 0. The van der Waals surface area contributed by atoms with Crippen LogP contribution in [0.25, 0.3) is 10.9 Å². The lowest BCUT2D eigenvalue weighted by Gasteiger charge is -2.16. The molecule has 2 atom stereocenters. The van der Waals surface area contributed by atoms with Gasteiger partial charge in [0.2, 0.25) is 5.60 Å². The Hall–Kier alpha value is -3.67. The van der Waals surface area contributed by atoms with Crippen molar-refractivity contribution in [3.05, 3.63) is 59.8 Å². The van der Waals surface area contributed by atoms with Crippen molar-refractivity contribution in [2.75, 3.05) is 18.9 Å². The fraction of sp³-hybridized carbons (Fsp3) is 0.190. The first-order valence-corrected chi connectivity index (χ1v) is 8.92. The molecular formula is C21H18N4O4. The van der Waals surface area contributed by atoms with Crippen molar-refractivity contribution in [1.29, 1.82) is 0 Å². The van der Waals surface area contributed by atoms with Crippen LogP contribution in [0.15, 0.2) is 48.5 Å². The number of benzene rings is 2. The normalized spacial score (nSPS) is 21.1. The largest absolute Gasteiger partial charge is 0.387 e. The third kappa shape index (κ3) is 3.33. The maximum Gasteiger partial charge on any atom is 0.276 e. The molecule has 0 aliphatic carbocycles. The number of carbonyl (C=O) groups is 2. The number of fused-ring (bicyclic) bond motifs is 1. The Morgan fingerprint density at radius 2 is 2.10 bits per heavy atom. The van der Waals surface area contributed by atoms with Crippen LogP contribution in [-0.4, -0.2) is 62.4 Å². The second-order valence-corrected chi connectivity index (χ2v) is 6.87. The molecule has 4 rings (SSSR count). The molecular weight excluding hydrogens is 372 g/mol. The second-order valence-electron chi connectivity index (χ2n) is 6.87. The minimum Gasteiger partial charge on any atom is -0.387 e. The zero-order chi connectivity index (χ0) is 20.6. The quantitative estimate of drug-likeness (QED) is 0.481. The van der Waals surface area contributed by atoms with Gasteiger partial charge in [-0.05, 0) is 30.2 Å². The van der Waals surface area contributed by atoms with E-state index in [0.29, 0.717) is 16.6 Å². The number of hydrogen-bond donors (Lipinski definition) is 4. The fourth-order valence-corrected chi connectivity index (χ4v) is 3.21. The Bertz CT molecular complexity index is 1180. The summed E-state index contributed by atoms with van der Waals surface area (Å²) in [5.41, 5.74) is -0.152. The van der Waals surface area contributed by atoms with Crippen molar-refractivity contribution in [1.82, 2.24) is 15.1 Å². The Morgan fingerprint density at radius 1 is 1.31 bits per heavy atom. The maximum atomic E-state index is 12.6. The average Bonchev–Trinajstić information content (AvgIpc) is 3.23.